The fraction of sp³-hybridized carbons (Fsp3) is 0.0952. The molecule has 0 unspecified atom stereocenters. The zero-order chi connectivity index (χ0) is 18.6. The van der Waals surface area contributed by atoms with Crippen molar-refractivity contribution in [2.24, 2.45) is 0 Å². The molecule has 6 nitrogen and oxygen atoms in total. The fourth-order valence-electron chi connectivity index (χ4n) is 2.63. The molecule has 27 heavy (non-hydrogen) atoms. The molecule has 0 saturated carbocycles. The molecule has 134 valence electrons. The molecule has 0 amide bonds. The molecule has 0 atom stereocenters. The van der Waals surface area contributed by atoms with Crippen LogP contribution in [0, 0.1) is 13.8 Å². The summed E-state index contributed by atoms with van der Waals surface area (Å²) < 4.78 is 5.12. The Morgan fingerprint density at radius 2 is 1.44 bits per heavy atom. The maximum atomic E-state index is 5.12. The molecule has 0 aliphatic heterocycles. The Labute approximate surface area is 157 Å². The summed E-state index contributed by atoms with van der Waals surface area (Å²) in [5.74, 6) is 3.27. The minimum Gasteiger partial charge on any atom is -0.360 e. The second-order valence-electron chi connectivity index (χ2n) is 6.27. The van der Waals surface area contributed by atoms with Gasteiger partial charge in [0.05, 0.1) is 0 Å². The molecular weight excluding hydrogens is 338 g/mol. The third-order valence-electron chi connectivity index (χ3n) is 3.97. The Bertz CT molecular complexity index is 1040. The van der Waals surface area contributed by atoms with Gasteiger partial charge in [0, 0.05) is 23.4 Å². The van der Waals surface area contributed by atoms with Gasteiger partial charge >= 0.3 is 0 Å². The van der Waals surface area contributed by atoms with Crippen molar-refractivity contribution in [3.63, 3.8) is 0 Å². The van der Waals surface area contributed by atoms with Crippen LogP contribution in [0.5, 0.6) is 0 Å². The molecular formula is C21H19N5O. The first-order valence-corrected chi connectivity index (χ1v) is 8.64. The Balaban J connectivity index is 1.70. The second-order valence-corrected chi connectivity index (χ2v) is 6.27. The van der Waals surface area contributed by atoms with Crippen LogP contribution in [0.2, 0.25) is 0 Å². The highest BCUT2D eigenvalue weighted by atomic mass is 16.5. The summed E-state index contributed by atoms with van der Waals surface area (Å²) in [5.41, 5.74) is 3.10. The monoisotopic (exact) mass is 357 g/mol. The van der Waals surface area contributed by atoms with Crippen LogP contribution >= 0.6 is 0 Å². The van der Waals surface area contributed by atoms with Crippen LogP contribution in [0.1, 0.15) is 11.3 Å². The maximum Gasteiger partial charge on any atom is 0.175 e. The van der Waals surface area contributed by atoms with Crippen molar-refractivity contribution in [3.05, 3.63) is 78.1 Å². The number of anilines is 4. The van der Waals surface area contributed by atoms with Crippen molar-refractivity contribution < 1.29 is 4.52 Å². The normalized spacial score (nSPS) is 10.6. The van der Waals surface area contributed by atoms with Gasteiger partial charge in [0.25, 0.3) is 0 Å². The molecule has 0 aliphatic carbocycles. The lowest BCUT2D eigenvalue weighted by Crippen LogP contribution is -2.02. The van der Waals surface area contributed by atoms with E-state index in [2.05, 4.69) is 44.8 Å². The van der Waals surface area contributed by atoms with Gasteiger partial charge in [-0.1, -0.05) is 53.2 Å². The lowest BCUT2D eigenvalue weighted by atomic mass is 10.2. The van der Waals surface area contributed by atoms with Crippen LogP contribution in [0.15, 0.2) is 71.3 Å². The van der Waals surface area contributed by atoms with Crippen LogP contribution in [-0.4, -0.2) is 15.1 Å². The predicted molar refractivity (Wildman–Crippen MR) is 106 cm³/mol. The van der Waals surface area contributed by atoms with Gasteiger partial charge in [-0.05, 0) is 26.0 Å². The van der Waals surface area contributed by atoms with E-state index in [4.69, 9.17) is 4.52 Å². The van der Waals surface area contributed by atoms with Gasteiger partial charge < -0.3 is 15.2 Å². The third kappa shape index (κ3) is 4.12. The number of aromatic nitrogens is 3. The minimum atomic E-state index is 0.603. The van der Waals surface area contributed by atoms with Gasteiger partial charge in [0.15, 0.2) is 11.6 Å². The highest BCUT2D eigenvalue weighted by molar-refractivity contribution is 5.67. The van der Waals surface area contributed by atoms with E-state index in [0.29, 0.717) is 23.3 Å². The summed E-state index contributed by atoms with van der Waals surface area (Å²) >= 11 is 0. The van der Waals surface area contributed by atoms with E-state index in [9.17, 15) is 0 Å². The van der Waals surface area contributed by atoms with E-state index in [1.165, 1.54) is 5.56 Å². The molecule has 0 radical (unpaired) electrons. The van der Waals surface area contributed by atoms with Crippen molar-refractivity contribution in [1.82, 2.24) is 15.1 Å². The first-order chi connectivity index (χ1) is 13.2. The molecule has 0 bridgehead atoms. The molecule has 2 aromatic carbocycles. The molecule has 2 N–H and O–H groups in total. The average Bonchev–Trinajstić information content (AvgIpc) is 3.09. The Kier molecular flexibility index (Phi) is 4.53. The fourth-order valence-corrected chi connectivity index (χ4v) is 2.63. The average molecular weight is 357 g/mol. The molecule has 2 aromatic heterocycles. The summed E-state index contributed by atoms with van der Waals surface area (Å²) in [6.45, 7) is 3.90. The van der Waals surface area contributed by atoms with Crippen molar-refractivity contribution in [2.75, 3.05) is 10.6 Å². The number of hydrogen-bond donors (Lipinski definition) is 2. The zero-order valence-corrected chi connectivity index (χ0v) is 15.1. The van der Waals surface area contributed by atoms with Crippen LogP contribution in [0.4, 0.5) is 23.1 Å². The number of hydrogen-bond acceptors (Lipinski definition) is 6. The molecule has 4 aromatic rings. The maximum absolute atomic E-state index is 5.12. The predicted octanol–water partition coefficient (Wildman–Crippen LogP) is 5.24. The zero-order valence-electron chi connectivity index (χ0n) is 15.1. The molecule has 0 fully saturated rings. The molecule has 2 heterocycles. The number of benzene rings is 2. The summed E-state index contributed by atoms with van der Waals surface area (Å²) in [6, 6.07) is 21.7. The van der Waals surface area contributed by atoms with Crippen LogP contribution in [0.25, 0.3) is 11.4 Å². The second kappa shape index (κ2) is 7.29. The van der Waals surface area contributed by atoms with Gasteiger partial charge in [0.1, 0.15) is 17.4 Å². The number of aryl methyl sites for hydroxylation is 2. The molecule has 6 heteroatoms. The highest BCUT2D eigenvalue weighted by Gasteiger charge is 2.09. The lowest BCUT2D eigenvalue weighted by molar-refractivity contribution is 0.400. The van der Waals surface area contributed by atoms with E-state index in [1.54, 1.807) is 0 Å². The van der Waals surface area contributed by atoms with Gasteiger partial charge in [-0.15, -0.1) is 0 Å². The smallest absolute Gasteiger partial charge is 0.175 e. The van der Waals surface area contributed by atoms with E-state index < -0.39 is 0 Å². The standard InChI is InChI=1S/C21H19N5O/c1-14-8-10-17(11-9-14)22-18-13-19(23-20-12-15(2)27-26-20)25-21(24-18)16-6-4-3-5-7-16/h3-13H,1-2H3,(H2,22,23,24,25,26). The van der Waals surface area contributed by atoms with Gasteiger partial charge in [0.2, 0.25) is 0 Å². The van der Waals surface area contributed by atoms with Crippen molar-refractivity contribution in [2.45, 2.75) is 13.8 Å². The van der Waals surface area contributed by atoms with E-state index >= 15 is 0 Å². The number of rotatable bonds is 5. The summed E-state index contributed by atoms with van der Waals surface area (Å²) in [4.78, 5) is 9.28. The van der Waals surface area contributed by atoms with Crippen LogP contribution < -0.4 is 10.6 Å². The third-order valence-corrected chi connectivity index (χ3v) is 3.97. The summed E-state index contributed by atoms with van der Waals surface area (Å²) in [7, 11) is 0. The SMILES string of the molecule is Cc1ccc(Nc2cc(Nc3cc(C)on3)nc(-c3ccccc3)n2)cc1. The minimum absolute atomic E-state index is 0.603. The quantitative estimate of drug-likeness (QED) is 0.509. The van der Waals surface area contributed by atoms with Crippen molar-refractivity contribution in [3.8, 4) is 11.4 Å². The molecule has 0 saturated heterocycles. The van der Waals surface area contributed by atoms with E-state index in [0.717, 1.165) is 17.0 Å². The Morgan fingerprint density at radius 3 is 2.11 bits per heavy atom. The van der Waals surface area contributed by atoms with Gasteiger partial charge in [-0.2, -0.15) is 0 Å². The topological polar surface area (TPSA) is 75.9 Å². The van der Waals surface area contributed by atoms with Crippen molar-refractivity contribution in [1.29, 1.82) is 0 Å². The molecule has 0 aliphatic rings. The Hall–Kier alpha value is -3.67. The first-order valence-electron chi connectivity index (χ1n) is 8.64. The Morgan fingerprint density at radius 1 is 0.741 bits per heavy atom. The van der Waals surface area contributed by atoms with Gasteiger partial charge in [-0.3, -0.25) is 0 Å². The molecule has 0 spiro atoms. The lowest BCUT2D eigenvalue weighted by Gasteiger charge is -2.11. The number of nitrogens with one attached hydrogen (secondary N) is 2. The van der Waals surface area contributed by atoms with Crippen LogP contribution in [0.3, 0.4) is 0 Å². The summed E-state index contributed by atoms with van der Waals surface area (Å²) in [6.07, 6.45) is 0. The molecule has 4 rings (SSSR count). The van der Waals surface area contributed by atoms with E-state index in [-0.39, 0.29) is 0 Å². The van der Waals surface area contributed by atoms with Crippen LogP contribution in [-0.2, 0) is 0 Å². The van der Waals surface area contributed by atoms with E-state index in [1.807, 2.05) is 61.5 Å². The highest BCUT2D eigenvalue weighted by Crippen LogP contribution is 2.24. The number of nitrogens with zero attached hydrogens (tertiary/aromatic N) is 3. The van der Waals surface area contributed by atoms with Crippen molar-refractivity contribution >= 4 is 23.1 Å². The largest absolute Gasteiger partial charge is 0.360 e. The summed E-state index contributed by atoms with van der Waals surface area (Å²) in [5, 5.41) is 10.5. The van der Waals surface area contributed by atoms with Gasteiger partial charge in [-0.25, -0.2) is 9.97 Å². The first kappa shape index (κ1) is 16.8.